The number of benzene rings is 1. The van der Waals surface area contributed by atoms with Gasteiger partial charge >= 0.3 is 0 Å². The lowest BCUT2D eigenvalue weighted by molar-refractivity contribution is 1.27. The zero-order valence-electron chi connectivity index (χ0n) is 9.29. The summed E-state index contributed by atoms with van der Waals surface area (Å²) in [5.74, 6) is 1.05. The van der Waals surface area contributed by atoms with Gasteiger partial charge in [0.15, 0.2) is 0 Å². The van der Waals surface area contributed by atoms with E-state index >= 15 is 0 Å². The normalized spacial score (nSPS) is 10.7. The fraction of sp³-hybridized carbons (Fsp3) is 0.231. The topological polar surface area (TPSA) is 0 Å². The molecule has 2 rings (SSSR count). The van der Waals surface area contributed by atoms with E-state index in [1.54, 1.807) is 0 Å². The molecule has 1 heterocycles. The Hall–Kier alpha value is -0.250. The molecule has 1 aromatic carbocycles. The fourth-order valence-electron chi connectivity index (χ4n) is 1.39. The van der Waals surface area contributed by atoms with E-state index in [1.807, 2.05) is 23.1 Å². The summed E-state index contributed by atoms with van der Waals surface area (Å²) < 4.78 is 1.19. The third-order valence-electron chi connectivity index (χ3n) is 2.48. The maximum absolute atomic E-state index is 3.48. The molecule has 2 aromatic rings. The van der Waals surface area contributed by atoms with Gasteiger partial charge in [-0.3, -0.25) is 0 Å². The maximum atomic E-state index is 3.48. The molecule has 0 aliphatic heterocycles. The molecule has 0 radical (unpaired) electrons. The molecule has 0 atom stereocenters. The van der Waals surface area contributed by atoms with E-state index in [0.717, 1.165) is 5.75 Å². The van der Waals surface area contributed by atoms with Crippen LogP contribution in [0.25, 0.3) is 0 Å². The molecular weight excluding hydrogens is 300 g/mol. The summed E-state index contributed by atoms with van der Waals surface area (Å²) >= 11 is 7.19. The predicted octanol–water partition coefficient (Wildman–Crippen LogP) is 5.42. The number of hydrogen-bond donors (Lipinski definition) is 0. The van der Waals surface area contributed by atoms with Gasteiger partial charge in [-0.15, -0.1) is 23.1 Å². The first-order valence-electron chi connectivity index (χ1n) is 5.08. The van der Waals surface area contributed by atoms with E-state index in [-0.39, 0.29) is 0 Å². The molecule has 0 spiro atoms. The van der Waals surface area contributed by atoms with Gasteiger partial charge in [0.25, 0.3) is 0 Å². The molecule has 16 heavy (non-hydrogen) atoms. The first kappa shape index (κ1) is 12.2. The molecule has 1 aromatic heterocycles. The Kier molecular flexibility index (Phi) is 4.11. The molecule has 0 saturated heterocycles. The summed E-state index contributed by atoms with van der Waals surface area (Å²) in [6, 6.07) is 8.86. The predicted molar refractivity (Wildman–Crippen MR) is 77.5 cm³/mol. The van der Waals surface area contributed by atoms with Gasteiger partial charge in [-0.25, -0.2) is 0 Å². The van der Waals surface area contributed by atoms with Crippen LogP contribution in [-0.4, -0.2) is 0 Å². The van der Waals surface area contributed by atoms with Crippen LogP contribution < -0.4 is 0 Å². The largest absolute Gasteiger partial charge is 0.147 e. The summed E-state index contributed by atoms with van der Waals surface area (Å²) in [4.78, 5) is 2.77. The standard InChI is InChI=1S/C13H13BrS2/c1-9-3-4-12(5-10(9)2)16-8-13-6-11(14)7-15-13/h3-7H,8H2,1-2H3. The minimum atomic E-state index is 1.05. The Balaban J connectivity index is 2.02. The van der Waals surface area contributed by atoms with Crippen molar-refractivity contribution in [2.45, 2.75) is 24.5 Å². The van der Waals surface area contributed by atoms with Crippen molar-refractivity contribution in [3.63, 3.8) is 0 Å². The van der Waals surface area contributed by atoms with Crippen LogP contribution in [0.5, 0.6) is 0 Å². The van der Waals surface area contributed by atoms with Crippen LogP contribution in [-0.2, 0) is 5.75 Å². The van der Waals surface area contributed by atoms with Crippen LogP contribution >= 0.6 is 39.0 Å². The molecule has 0 amide bonds. The Morgan fingerprint density at radius 2 is 2.00 bits per heavy atom. The fourth-order valence-corrected chi connectivity index (χ4v) is 3.89. The molecule has 0 bridgehead atoms. The number of hydrogen-bond acceptors (Lipinski definition) is 2. The van der Waals surface area contributed by atoms with Crippen molar-refractivity contribution in [3.8, 4) is 0 Å². The van der Waals surface area contributed by atoms with Crippen molar-refractivity contribution in [1.82, 2.24) is 0 Å². The van der Waals surface area contributed by atoms with Gasteiger partial charge < -0.3 is 0 Å². The molecule has 0 saturated carbocycles. The van der Waals surface area contributed by atoms with Crippen molar-refractivity contribution in [2.24, 2.45) is 0 Å². The third kappa shape index (κ3) is 3.12. The molecule has 84 valence electrons. The smallest absolute Gasteiger partial charge is 0.0326 e. The van der Waals surface area contributed by atoms with Crippen LogP contribution in [0.15, 0.2) is 39.0 Å². The highest BCUT2D eigenvalue weighted by molar-refractivity contribution is 9.10. The minimum Gasteiger partial charge on any atom is -0.147 e. The molecule has 3 heteroatoms. The summed E-state index contributed by atoms with van der Waals surface area (Å²) in [5, 5.41) is 2.14. The number of thiophene rings is 1. The quantitative estimate of drug-likeness (QED) is 0.682. The van der Waals surface area contributed by atoms with Crippen molar-refractivity contribution in [3.05, 3.63) is 50.1 Å². The molecular formula is C13H13BrS2. The molecule has 0 nitrogen and oxygen atoms in total. The second kappa shape index (κ2) is 5.39. The van der Waals surface area contributed by atoms with Crippen molar-refractivity contribution >= 4 is 39.0 Å². The van der Waals surface area contributed by atoms with Crippen LogP contribution in [0.4, 0.5) is 0 Å². The molecule has 0 aliphatic rings. The second-order valence-electron chi connectivity index (χ2n) is 3.77. The molecule has 0 N–H and O–H groups in total. The number of aryl methyl sites for hydroxylation is 2. The van der Waals surface area contributed by atoms with E-state index in [4.69, 9.17) is 0 Å². The highest BCUT2D eigenvalue weighted by Crippen LogP contribution is 2.29. The van der Waals surface area contributed by atoms with Crippen LogP contribution in [0, 0.1) is 13.8 Å². The zero-order chi connectivity index (χ0) is 11.5. The molecule has 0 fully saturated rings. The lowest BCUT2D eigenvalue weighted by Crippen LogP contribution is -1.81. The lowest BCUT2D eigenvalue weighted by atomic mass is 10.1. The van der Waals surface area contributed by atoms with Crippen molar-refractivity contribution in [1.29, 1.82) is 0 Å². The van der Waals surface area contributed by atoms with Crippen LogP contribution in [0.3, 0.4) is 0 Å². The van der Waals surface area contributed by atoms with E-state index < -0.39 is 0 Å². The van der Waals surface area contributed by atoms with E-state index in [1.165, 1.54) is 25.4 Å². The Labute approximate surface area is 113 Å². The maximum Gasteiger partial charge on any atom is 0.0326 e. The van der Waals surface area contributed by atoms with E-state index in [2.05, 4.69) is 59.4 Å². The Morgan fingerprint density at radius 1 is 1.19 bits per heavy atom. The third-order valence-corrected chi connectivity index (χ3v) is 5.40. The summed E-state index contributed by atoms with van der Waals surface area (Å²) in [6.07, 6.45) is 0. The SMILES string of the molecule is Cc1ccc(SCc2cc(Br)cs2)cc1C. The van der Waals surface area contributed by atoms with Gasteiger partial charge in [0.05, 0.1) is 0 Å². The zero-order valence-corrected chi connectivity index (χ0v) is 12.5. The average molecular weight is 313 g/mol. The average Bonchev–Trinajstić information content (AvgIpc) is 2.66. The first-order chi connectivity index (χ1) is 7.65. The van der Waals surface area contributed by atoms with Crippen molar-refractivity contribution < 1.29 is 0 Å². The summed E-state index contributed by atoms with van der Waals surface area (Å²) in [5.41, 5.74) is 2.74. The Morgan fingerprint density at radius 3 is 2.62 bits per heavy atom. The lowest BCUT2D eigenvalue weighted by Gasteiger charge is -2.03. The van der Waals surface area contributed by atoms with Crippen molar-refractivity contribution in [2.75, 3.05) is 0 Å². The number of halogens is 1. The highest BCUT2D eigenvalue weighted by atomic mass is 79.9. The number of rotatable bonds is 3. The Bertz CT molecular complexity index is 488. The second-order valence-corrected chi connectivity index (χ2v) is 6.73. The monoisotopic (exact) mass is 312 g/mol. The van der Waals surface area contributed by atoms with Gasteiger partial charge in [-0.2, -0.15) is 0 Å². The van der Waals surface area contributed by atoms with Crippen LogP contribution in [0.2, 0.25) is 0 Å². The van der Waals surface area contributed by atoms with Gasteiger partial charge in [-0.05, 0) is 59.1 Å². The summed E-state index contributed by atoms with van der Waals surface area (Å²) in [7, 11) is 0. The minimum absolute atomic E-state index is 1.05. The molecule has 0 aliphatic carbocycles. The van der Waals surface area contributed by atoms with Gasteiger partial charge in [0, 0.05) is 25.4 Å². The summed E-state index contributed by atoms with van der Waals surface area (Å²) in [6.45, 7) is 4.32. The van der Waals surface area contributed by atoms with Crippen LogP contribution in [0.1, 0.15) is 16.0 Å². The molecule has 0 unspecified atom stereocenters. The van der Waals surface area contributed by atoms with Gasteiger partial charge in [-0.1, -0.05) is 6.07 Å². The van der Waals surface area contributed by atoms with E-state index in [0.29, 0.717) is 0 Å². The van der Waals surface area contributed by atoms with E-state index in [9.17, 15) is 0 Å². The van der Waals surface area contributed by atoms with Gasteiger partial charge in [0.1, 0.15) is 0 Å². The number of thioether (sulfide) groups is 1. The first-order valence-corrected chi connectivity index (χ1v) is 7.74. The highest BCUT2D eigenvalue weighted by Gasteiger charge is 2.00. The van der Waals surface area contributed by atoms with Gasteiger partial charge in [0.2, 0.25) is 0 Å².